The lowest BCUT2D eigenvalue weighted by atomic mass is 9.95. The molecule has 1 saturated heterocycles. The van der Waals surface area contributed by atoms with E-state index in [4.69, 9.17) is 4.74 Å². The Balaban J connectivity index is 1.12. The van der Waals surface area contributed by atoms with E-state index in [1.54, 1.807) is 17.7 Å². The number of hydrogen-bond donors (Lipinski definition) is 1. The lowest BCUT2D eigenvalue weighted by Crippen LogP contribution is -2.41. The summed E-state index contributed by atoms with van der Waals surface area (Å²) in [5.74, 6) is 1.96. The first-order valence-corrected chi connectivity index (χ1v) is 12.9. The Morgan fingerprint density at radius 2 is 1.80 bits per heavy atom. The molecule has 180 valence electrons. The molecule has 1 aliphatic heterocycles. The number of nitrogens with one attached hydrogen (secondary N) is 1. The molecule has 1 aliphatic rings. The van der Waals surface area contributed by atoms with Crippen LogP contribution in [0, 0.1) is 19.8 Å². The number of amides is 1. The van der Waals surface area contributed by atoms with Gasteiger partial charge in [-0.05, 0) is 43.9 Å². The second-order valence-corrected chi connectivity index (χ2v) is 10.1. The molecule has 5 rings (SSSR count). The van der Waals surface area contributed by atoms with Gasteiger partial charge in [-0.3, -0.25) is 4.79 Å². The highest BCUT2D eigenvalue weighted by Crippen LogP contribution is 2.35. The van der Waals surface area contributed by atoms with Crippen molar-refractivity contribution in [2.75, 3.05) is 31.1 Å². The fraction of sp³-hybridized carbons (Fsp3) is 0.321. The van der Waals surface area contributed by atoms with E-state index in [1.165, 1.54) is 10.4 Å². The van der Waals surface area contributed by atoms with E-state index >= 15 is 0 Å². The second-order valence-electron chi connectivity index (χ2n) is 8.92. The van der Waals surface area contributed by atoms with E-state index in [9.17, 15) is 4.79 Å². The number of hydrogen-bond acceptors (Lipinski definition) is 6. The zero-order valence-electron chi connectivity index (χ0n) is 20.2. The van der Waals surface area contributed by atoms with Crippen molar-refractivity contribution < 1.29 is 9.53 Å². The number of aromatic nitrogens is 2. The van der Waals surface area contributed by atoms with Crippen molar-refractivity contribution in [2.45, 2.75) is 26.7 Å². The number of aryl methyl sites for hydroxylation is 2. The predicted molar refractivity (Wildman–Crippen MR) is 142 cm³/mol. The molecule has 0 radical (unpaired) electrons. The van der Waals surface area contributed by atoms with Crippen LogP contribution in [-0.2, 0) is 4.79 Å². The normalized spacial score (nSPS) is 14.3. The van der Waals surface area contributed by atoms with Gasteiger partial charge >= 0.3 is 0 Å². The van der Waals surface area contributed by atoms with Crippen LogP contribution in [0.25, 0.3) is 21.3 Å². The second kappa shape index (κ2) is 10.4. The summed E-state index contributed by atoms with van der Waals surface area (Å²) in [6.45, 7) is 6.83. The number of benzene rings is 2. The van der Waals surface area contributed by atoms with Crippen molar-refractivity contribution in [1.29, 1.82) is 0 Å². The highest BCUT2D eigenvalue weighted by molar-refractivity contribution is 7.18. The first kappa shape index (κ1) is 23.3. The van der Waals surface area contributed by atoms with Gasteiger partial charge in [0.05, 0.1) is 11.9 Å². The summed E-state index contributed by atoms with van der Waals surface area (Å²) < 4.78 is 6.02. The van der Waals surface area contributed by atoms with Gasteiger partial charge in [-0.25, -0.2) is 9.97 Å². The van der Waals surface area contributed by atoms with Crippen molar-refractivity contribution in [3.63, 3.8) is 0 Å². The number of fused-ring (bicyclic) bond motifs is 1. The zero-order chi connectivity index (χ0) is 24.2. The van der Waals surface area contributed by atoms with Crippen LogP contribution < -0.4 is 15.0 Å². The molecule has 0 unspecified atom stereocenters. The standard InChI is InChI=1S/C28H30N4O2S/c1-19-20(2)35-28-25(19)26(30-18-31-28)32-15-12-22(13-16-32)27(33)29-14-17-34-24-11-7-6-10-23(24)21-8-4-3-5-9-21/h3-11,18,22H,12-17H2,1-2H3,(H,29,33). The van der Waals surface area contributed by atoms with E-state index in [2.05, 4.69) is 52.2 Å². The zero-order valence-corrected chi connectivity index (χ0v) is 21.0. The summed E-state index contributed by atoms with van der Waals surface area (Å²) >= 11 is 1.72. The van der Waals surface area contributed by atoms with Gasteiger partial charge in [0.15, 0.2) is 0 Å². The first-order chi connectivity index (χ1) is 17.1. The molecule has 1 fully saturated rings. The summed E-state index contributed by atoms with van der Waals surface area (Å²) in [5, 5.41) is 4.23. The Morgan fingerprint density at radius 3 is 2.60 bits per heavy atom. The molecule has 0 aliphatic carbocycles. The number of piperidine rings is 1. The molecule has 1 N–H and O–H groups in total. The van der Waals surface area contributed by atoms with E-state index in [0.29, 0.717) is 13.2 Å². The quantitative estimate of drug-likeness (QED) is 0.355. The van der Waals surface area contributed by atoms with Crippen molar-refractivity contribution >= 4 is 33.3 Å². The first-order valence-electron chi connectivity index (χ1n) is 12.1. The van der Waals surface area contributed by atoms with E-state index in [0.717, 1.165) is 58.8 Å². The van der Waals surface area contributed by atoms with Gasteiger partial charge < -0.3 is 15.0 Å². The van der Waals surface area contributed by atoms with Crippen LogP contribution in [0.1, 0.15) is 23.3 Å². The third-order valence-corrected chi connectivity index (χ3v) is 7.86. The molecule has 0 saturated carbocycles. The van der Waals surface area contributed by atoms with Crippen LogP contribution in [0.5, 0.6) is 5.75 Å². The molecular weight excluding hydrogens is 456 g/mol. The van der Waals surface area contributed by atoms with Gasteiger partial charge in [-0.1, -0.05) is 48.5 Å². The monoisotopic (exact) mass is 486 g/mol. The SMILES string of the molecule is Cc1sc2ncnc(N3CCC(C(=O)NCCOc4ccccc4-c4ccccc4)CC3)c2c1C. The number of para-hydroxylation sites is 1. The van der Waals surface area contributed by atoms with Crippen LogP contribution in [0.4, 0.5) is 5.82 Å². The summed E-state index contributed by atoms with van der Waals surface area (Å²) in [7, 11) is 0. The smallest absolute Gasteiger partial charge is 0.223 e. The fourth-order valence-corrected chi connectivity index (χ4v) is 5.68. The molecule has 6 nitrogen and oxygen atoms in total. The van der Waals surface area contributed by atoms with Gasteiger partial charge in [0.25, 0.3) is 0 Å². The summed E-state index contributed by atoms with van der Waals surface area (Å²) in [4.78, 5) is 26.5. The van der Waals surface area contributed by atoms with E-state index in [-0.39, 0.29) is 11.8 Å². The lowest BCUT2D eigenvalue weighted by molar-refractivity contribution is -0.125. The molecule has 0 spiro atoms. The molecule has 2 aromatic carbocycles. The Bertz CT molecular complexity index is 1310. The van der Waals surface area contributed by atoms with E-state index in [1.807, 2.05) is 36.4 Å². The minimum atomic E-state index is 0.0190. The molecule has 0 bridgehead atoms. The highest BCUT2D eigenvalue weighted by atomic mass is 32.1. The maximum Gasteiger partial charge on any atom is 0.223 e. The number of ether oxygens (including phenoxy) is 1. The lowest BCUT2D eigenvalue weighted by Gasteiger charge is -2.32. The number of nitrogens with zero attached hydrogens (tertiary/aromatic N) is 3. The van der Waals surface area contributed by atoms with Gasteiger partial charge in [0.1, 0.15) is 29.3 Å². The van der Waals surface area contributed by atoms with Gasteiger partial charge in [0.2, 0.25) is 5.91 Å². The Kier molecular flexibility index (Phi) is 6.95. The average molecular weight is 487 g/mol. The van der Waals surface area contributed by atoms with Crippen LogP contribution in [-0.4, -0.2) is 42.1 Å². The molecular formula is C28H30N4O2S. The Morgan fingerprint density at radius 1 is 1.06 bits per heavy atom. The molecule has 2 aromatic heterocycles. The Hall–Kier alpha value is -3.45. The molecule has 0 atom stereocenters. The summed E-state index contributed by atoms with van der Waals surface area (Å²) in [5.41, 5.74) is 3.43. The maximum atomic E-state index is 12.8. The molecule has 4 aromatic rings. The summed E-state index contributed by atoms with van der Waals surface area (Å²) in [6, 6.07) is 18.2. The molecule has 7 heteroatoms. The predicted octanol–water partition coefficient (Wildman–Crippen LogP) is 5.39. The minimum Gasteiger partial charge on any atom is -0.491 e. The van der Waals surface area contributed by atoms with Crippen molar-refractivity contribution in [1.82, 2.24) is 15.3 Å². The topological polar surface area (TPSA) is 67.4 Å². The van der Waals surface area contributed by atoms with Crippen LogP contribution >= 0.6 is 11.3 Å². The number of thiophene rings is 1. The van der Waals surface area contributed by atoms with Crippen LogP contribution in [0.2, 0.25) is 0 Å². The highest BCUT2D eigenvalue weighted by Gasteiger charge is 2.27. The number of carbonyl (C=O) groups is 1. The maximum absolute atomic E-state index is 12.8. The average Bonchev–Trinajstić information content (AvgIpc) is 3.20. The third-order valence-electron chi connectivity index (χ3n) is 6.74. The summed E-state index contributed by atoms with van der Waals surface area (Å²) in [6.07, 6.45) is 3.29. The van der Waals surface area contributed by atoms with Gasteiger partial charge in [0, 0.05) is 29.4 Å². The fourth-order valence-electron chi connectivity index (χ4n) is 4.69. The molecule has 3 heterocycles. The number of anilines is 1. The molecule has 35 heavy (non-hydrogen) atoms. The number of rotatable bonds is 7. The largest absolute Gasteiger partial charge is 0.491 e. The minimum absolute atomic E-state index is 0.0190. The third kappa shape index (κ3) is 5.00. The van der Waals surface area contributed by atoms with Crippen LogP contribution in [0.15, 0.2) is 60.9 Å². The van der Waals surface area contributed by atoms with Crippen molar-refractivity contribution in [2.24, 2.45) is 5.92 Å². The molecule has 1 amide bonds. The van der Waals surface area contributed by atoms with Crippen LogP contribution in [0.3, 0.4) is 0 Å². The van der Waals surface area contributed by atoms with E-state index < -0.39 is 0 Å². The Labute approximate surface area is 210 Å². The van der Waals surface area contributed by atoms with Crippen molar-refractivity contribution in [3.05, 3.63) is 71.4 Å². The van der Waals surface area contributed by atoms with Crippen molar-refractivity contribution in [3.8, 4) is 16.9 Å². The van der Waals surface area contributed by atoms with Gasteiger partial charge in [-0.2, -0.15) is 0 Å². The number of carbonyl (C=O) groups excluding carboxylic acids is 1. The van der Waals surface area contributed by atoms with Gasteiger partial charge in [-0.15, -0.1) is 11.3 Å².